The number of halogens is 1. The highest BCUT2D eigenvalue weighted by Gasteiger charge is 2.51. The maximum atomic E-state index is 13.8. The van der Waals surface area contributed by atoms with Crippen LogP contribution in [-0.4, -0.2) is 143 Å². The smallest absolute Gasteiger partial charge is 0.135 e. The van der Waals surface area contributed by atoms with Crippen molar-refractivity contribution in [1.29, 1.82) is 0 Å². The molecule has 14 heteroatoms. The summed E-state index contributed by atoms with van der Waals surface area (Å²) >= 11 is 1.96. The number of methoxy groups -OCH3 is 1. The number of fused-ring (bicyclic) bond motifs is 1. The first-order valence-electron chi connectivity index (χ1n) is 19.6. The van der Waals surface area contributed by atoms with E-state index in [1.807, 2.05) is 22.6 Å². The Morgan fingerprint density at radius 3 is 2.43 bits per heavy atom. The van der Waals surface area contributed by atoms with Gasteiger partial charge in [-0.3, -0.25) is 4.79 Å². The van der Waals surface area contributed by atoms with Gasteiger partial charge in [-0.1, -0.05) is 42.7 Å². The molecule has 0 saturated carbocycles. The Bertz CT molecular complexity index is 1290. The number of ketones is 1. The lowest BCUT2D eigenvalue weighted by molar-refractivity contribution is -0.273. The Kier molecular flexibility index (Phi) is 16.7. The van der Waals surface area contributed by atoms with Gasteiger partial charge in [-0.05, 0) is 72.2 Å². The number of aliphatic hydroxyl groups is 5. The fourth-order valence-electron chi connectivity index (χ4n) is 9.13. The standard InChI is InChI=1S/C40H61IO13/c1-21-14-27(7-9-31-22(2)15-26(50-31)6-5-13-42)51-33(23(21)3)19-34-29(38(49-4)35(53-34)18-25(45)20-43)17-24(44)16-28-8-10-32-40(52-28)37(48)36(47)39(54-32)30(46)11-12-41/h11-13,21,25-40,43,45-48H,2-3,5-10,14-20H2,1,4H3/b12-11+/t21?,25?,26?,27?,28-,29?,30?,31+,32+,33?,34+,35-,36+,37-,38-,39?,40?/m1/s1. The average Bonchev–Trinajstić information content (AvgIpc) is 3.66. The van der Waals surface area contributed by atoms with Gasteiger partial charge in [0, 0.05) is 45.1 Å². The second kappa shape index (κ2) is 20.5. The third kappa shape index (κ3) is 10.9. The highest BCUT2D eigenvalue weighted by atomic mass is 127. The zero-order valence-electron chi connectivity index (χ0n) is 31.5. The van der Waals surface area contributed by atoms with Crippen LogP contribution in [-0.2, 0) is 38.0 Å². The van der Waals surface area contributed by atoms with Crippen molar-refractivity contribution in [1.82, 2.24) is 0 Å². The molecule has 0 radical (unpaired) electrons. The summed E-state index contributed by atoms with van der Waals surface area (Å²) in [5.41, 5.74) is 2.01. The maximum absolute atomic E-state index is 13.8. The summed E-state index contributed by atoms with van der Waals surface area (Å²) in [5, 5.41) is 52.0. The van der Waals surface area contributed by atoms with Crippen molar-refractivity contribution in [3.63, 3.8) is 0 Å². The van der Waals surface area contributed by atoms with Gasteiger partial charge < -0.3 is 58.7 Å². The van der Waals surface area contributed by atoms with E-state index in [0.717, 1.165) is 43.1 Å². The van der Waals surface area contributed by atoms with Gasteiger partial charge in [-0.15, -0.1) is 0 Å². The third-order valence-electron chi connectivity index (χ3n) is 12.1. The molecule has 5 rings (SSSR count). The van der Waals surface area contributed by atoms with Crippen molar-refractivity contribution < 1.29 is 63.5 Å². The van der Waals surface area contributed by atoms with Gasteiger partial charge in [0.15, 0.2) is 0 Å². The Hall–Kier alpha value is -1.15. The molecule has 0 bridgehead atoms. The third-order valence-corrected chi connectivity index (χ3v) is 12.5. The van der Waals surface area contributed by atoms with Crippen LogP contribution in [0.2, 0.25) is 0 Å². The summed E-state index contributed by atoms with van der Waals surface area (Å²) in [5.74, 6) is -0.258. The van der Waals surface area contributed by atoms with Gasteiger partial charge in [-0.2, -0.15) is 0 Å². The van der Waals surface area contributed by atoms with Gasteiger partial charge in [0.25, 0.3) is 0 Å². The molecule has 17 atom stereocenters. The monoisotopic (exact) mass is 876 g/mol. The predicted molar refractivity (Wildman–Crippen MR) is 206 cm³/mol. The number of aliphatic hydroxyl groups excluding tert-OH is 5. The van der Waals surface area contributed by atoms with E-state index < -0.39 is 73.8 Å². The molecule has 13 nitrogen and oxygen atoms in total. The van der Waals surface area contributed by atoms with Gasteiger partial charge in [0.1, 0.15) is 42.6 Å². The first-order chi connectivity index (χ1) is 25.9. The summed E-state index contributed by atoms with van der Waals surface area (Å²) in [6.45, 7) is 10.3. The number of carbonyl (C=O) groups excluding carboxylic acids is 2. The molecule has 5 N–H and O–H groups in total. The molecule has 54 heavy (non-hydrogen) atoms. The Morgan fingerprint density at radius 2 is 1.72 bits per heavy atom. The van der Waals surface area contributed by atoms with Crippen LogP contribution in [0.5, 0.6) is 0 Å². The van der Waals surface area contributed by atoms with Crippen molar-refractivity contribution in [2.45, 2.75) is 176 Å². The molecule has 5 aliphatic heterocycles. The first kappa shape index (κ1) is 44.0. The molecule has 0 spiro atoms. The van der Waals surface area contributed by atoms with E-state index in [2.05, 4.69) is 20.1 Å². The minimum atomic E-state index is -1.37. The normalized spacial score (nSPS) is 41.2. The Labute approximate surface area is 332 Å². The Balaban J connectivity index is 1.21. The summed E-state index contributed by atoms with van der Waals surface area (Å²) in [4.78, 5) is 24.7. The number of carbonyl (C=O) groups is 2. The molecule has 5 saturated heterocycles. The highest BCUT2D eigenvalue weighted by Crippen LogP contribution is 2.42. The number of hydrogen-bond donors (Lipinski definition) is 5. The summed E-state index contributed by atoms with van der Waals surface area (Å²) < 4.78 is 39.1. The molecule has 0 aromatic carbocycles. The molecule has 5 fully saturated rings. The average molecular weight is 877 g/mol. The quantitative estimate of drug-likeness (QED) is 0.0769. The molecule has 0 aromatic rings. The molecule has 306 valence electrons. The number of rotatable bonds is 18. The van der Waals surface area contributed by atoms with Crippen LogP contribution in [0.25, 0.3) is 0 Å². The lowest BCUT2D eigenvalue weighted by atomic mass is 9.81. The van der Waals surface area contributed by atoms with E-state index in [0.29, 0.717) is 32.1 Å². The predicted octanol–water partition coefficient (Wildman–Crippen LogP) is 3.04. The van der Waals surface area contributed by atoms with Crippen molar-refractivity contribution >= 4 is 34.7 Å². The zero-order chi connectivity index (χ0) is 39.1. The van der Waals surface area contributed by atoms with E-state index in [9.17, 15) is 35.1 Å². The molecule has 5 heterocycles. The molecule has 0 aliphatic carbocycles. The van der Waals surface area contributed by atoms with Gasteiger partial charge in [0.2, 0.25) is 0 Å². The second-order valence-electron chi connectivity index (χ2n) is 16.0. The molecule has 9 unspecified atom stereocenters. The van der Waals surface area contributed by atoms with Crippen molar-refractivity contribution in [2.24, 2.45) is 11.8 Å². The SMILES string of the molecule is C=C1C(C)CC(CC[C@@H]2OC(CCC=O)CC2=C)OC1C[C@@H]1O[C@H](CC(O)CO)[C@H](OC)C1CC(=O)C[C@H]1CC[C@@H]2OC(C(O)/C=C/I)[C@@H](O)[C@@H](O)C2O1. The van der Waals surface area contributed by atoms with E-state index in [1.54, 1.807) is 11.2 Å². The van der Waals surface area contributed by atoms with Gasteiger partial charge >= 0.3 is 0 Å². The number of hydrogen-bond acceptors (Lipinski definition) is 13. The van der Waals surface area contributed by atoms with E-state index in [1.165, 1.54) is 6.08 Å². The first-order valence-corrected chi connectivity index (χ1v) is 20.8. The van der Waals surface area contributed by atoms with Crippen LogP contribution in [0.3, 0.4) is 0 Å². The van der Waals surface area contributed by atoms with E-state index >= 15 is 0 Å². The van der Waals surface area contributed by atoms with Crippen molar-refractivity contribution in [3.05, 3.63) is 34.5 Å². The van der Waals surface area contributed by atoms with E-state index in [-0.39, 0.29) is 61.3 Å². The van der Waals surface area contributed by atoms with Crippen LogP contribution in [0.4, 0.5) is 0 Å². The largest absolute Gasteiger partial charge is 0.394 e. The summed E-state index contributed by atoms with van der Waals surface area (Å²) in [7, 11) is 1.56. The number of Topliss-reactive ketones (excluding diaryl/α,β-unsaturated/α-hetero) is 1. The fourth-order valence-corrected chi connectivity index (χ4v) is 9.55. The lowest BCUT2D eigenvalue weighted by Crippen LogP contribution is -2.63. The van der Waals surface area contributed by atoms with Crippen molar-refractivity contribution in [3.8, 4) is 0 Å². The molecular weight excluding hydrogens is 815 g/mol. The molecular formula is C40H61IO13. The summed E-state index contributed by atoms with van der Waals surface area (Å²) in [6, 6.07) is 0. The van der Waals surface area contributed by atoms with Gasteiger partial charge in [-0.25, -0.2) is 0 Å². The molecule has 0 aromatic heterocycles. The molecule has 0 amide bonds. The van der Waals surface area contributed by atoms with Crippen LogP contribution in [0, 0.1) is 11.8 Å². The van der Waals surface area contributed by atoms with Crippen LogP contribution < -0.4 is 0 Å². The van der Waals surface area contributed by atoms with E-state index in [4.69, 9.17) is 28.4 Å². The van der Waals surface area contributed by atoms with Crippen LogP contribution >= 0.6 is 22.6 Å². The van der Waals surface area contributed by atoms with Crippen LogP contribution in [0.15, 0.2) is 34.5 Å². The van der Waals surface area contributed by atoms with Crippen molar-refractivity contribution in [2.75, 3.05) is 13.7 Å². The summed E-state index contributed by atoms with van der Waals surface area (Å²) in [6.07, 6.45) is -1.14. The second-order valence-corrected chi connectivity index (χ2v) is 16.7. The van der Waals surface area contributed by atoms with Gasteiger partial charge in [0.05, 0.1) is 67.6 Å². The zero-order valence-corrected chi connectivity index (χ0v) is 33.7. The number of aldehydes is 1. The molecule has 5 aliphatic rings. The van der Waals surface area contributed by atoms with Crippen LogP contribution in [0.1, 0.15) is 84.0 Å². The highest BCUT2D eigenvalue weighted by molar-refractivity contribution is 14.1. The number of ether oxygens (including phenoxy) is 6. The minimum absolute atomic E-state index is 0.0229. The topological polar surface area (TPSA) is 191 Å². The lowest BCUT2D eigenvalue weighted by Gasteiger charge is -2.47. The minimum Gasteiger partial charge on any atom is -0.394 e. The fraction of sp³-hybridized carbons (Fsp3) is 0.800. The maximum Gasteiger partial charge on any atom is 0.135 e. The Morgan fingerprint density at radius 1 is 0.963 bits per heavy atom.